The molecule has 2 aliphatic carbocycles. The number of nitrogens with two attached hydrogens (primary N) is 1. The Morgan fingerprint density at radius 3 is 2.76 bits per heavy atom. The van der Waals surface area contributed by atoms with Crippen LogP contribution < -0.4 is 16.6 Å². The minimum atomic E-state index is -1.28. The van der Waals surface area contributed by atoms with Gasteiger partial charge in [-0.05, 0) is 62.6 Å². The zero-order valence-electron chi connectivity index (χ0n) is 16.7. The fourth-order valence-corrected chi connectivity index (χ4v) is 6.06. The molecule has 0 amide bonds. The first-order valence-electron chi connectivity index (χ1n) is 10.3. The number of nitrogens with one attached hydrogen (secondary N) is 1. The molecule has 154 valence electrons. The van der Waals surface area contributed by atoms with E-state index in [-0.39, 0.29) is 22.9 Å². The number of carboxylic acids is 1. The van der Waals surface area contributed by atoms with Gasteiger partial charge in [0.25, 0.3) is 5.56 Å². The highest BCUT2D eigenvalue weighted by Crippen LogP contribution is 2.54. The van der Waals surface area contributed by atoms with E-state index in [1.165, 1.54) is 16.7 Å². The van der Waals surface area contributed by atoms with Crippen LogP contribution in [0.15, 0.2) is 17.1 Å². The van der Waals surface area contributed by atoms with Crippen LogP contribution in [-0.2, 0) is 5.41 Å². The largest absolute Gasteiger partial charge is 0.477 e. The molecule has 0 radical (unpaired) electrons. The summed E-state index contributed by atoms with van der Waals surface area (Å²) in [5, 5.41) is 12.9. The monoisotopic (exact) mass is 399 g/mol. The van der Waals surface area contributed by atoms with Crippen molar-refractivity contribution in [2.75, 3.05) is 13.1 Å². The van der Waals surface area contributed by atoms with Gasteiger partial charge in [0, 0.05) is 41.7 Å². The molecule has 29 heavy (non-hydrogen) atoms. The van der Waals surface area contributed by atoms with E-state index in [4.69, 9.17) is 5.73 Å². The van der Waals surface area contributed by atoms with Gasteiger partial charge in [0.1, 0.15) is 11.4 Å². The number of aryl methyl sites for hydroxylation is 1. The van der Waals surface area contributed by atoms with Crippen LogP contribution in [0.3, 0.4) is 0 Å². The quantitative estimate of drug-likeness (QED) is 0.736. The molecule has 3 fully saturated rings. The van der Waals surface area contributed by atoms with Crippen LogP contribution >= 0.6 is 0 Å². The van der Waals surface area contributed by atoms with E-state index in [1.54, 1.807) is 0 Å². The van der Waals surface area contributed by atoms with E-state index < -0.39 is 22.8 Å². The number of hydrogen-bond acceptors (Lipinski definition) is 4. The molecule has 3 aliphatic rings. The Labute approximate surface area is 167 Å². The second kappa shape index (κ2) is 5.89. The zero-order chi connectivity index (χ0) is 20.7. The smallest absolute Gasteiger partial charge is 0.341 e. The summed E-state index contributed by atoms with van der Waals surface area (Å²) in [5.41, 5.74) is 7.72. The molecule has 0 spiro atoms. The fraction of sp³-hybridized carbons (Fsp3) is 0.545. The van der Waals surface area contributed by atoms with Gasteiger partial charge in [-0.3, -0.25) is 9.20 Å². The second-order valence-corrected chi connectivity index (χ2v) is 9.44. The standard InChI is InChI=1S/C22H26FN3O3/c1-11-17(22-6-5-21(2,24)16(22)8-25-10-22)15(23)9-26-18(11)13(12-3-4-12)7-14(19(26)27)20(28)29/h7,9,12,16,25H,3-6,8,10,24H2,1-2H3,(H,28,29). The first-order chi connectivity index (χ1) is 13.7. The molecule has 6 nitrogen and oxygen atoms in total. The van der Waals surface area contributed by atoms with Gasteiger partial charge in [0.15, 0.2) is 0 Å². The van der Waals surface area contributed by atoms with Crippen LogP contribution in [0.1, 0.15) is 65.6 Å². The van der Waals surface area contributed by atoms with Gasteiger partial charge >= 0.3 is 5.97 Å². The maximum atomic E-state index is 15.6. The lowest BCUT2D eigenvalue weighted by Gasteiger charge is -2.35. The highest BCUT2D eigenvalue weighted by Gasteiger charge is 2.57. The van der Waals surface area contributed by atoms with Crippen LogP contribution in [0, 0.1) is 18.7 Å². The predicted octanol–water partition coefficient (Wildman–Crippen LogP) is 2.29. The van der Waals surface area contributed by atoms with E-state index in [9.17, 15) is 14.7 Å². The van der Waals surface area contributed by atoms with Crippen molar-refractivity contribution in [3.8, 4) is 0 Å². The van der Waals surface area contributed by atoms with E-state index in [2.05, 4.69) is 5.32 Å². The van der Waals surface area contributed by atoms with Crippen LogP contribution in [0.5, 0.6) is 0 Å². The van der Waals surface area contributed by atoms with Gasteiger partial charge in [0.2, 0.25) is 0 Å². The van der Waals surface area contributed by atoms with E-state index in [0.29, 0.717) is 17.6 Å². The molecule has 3 atom stereocenters. The van der Waals surface area contributed by atoms with Crippen LogP contribution in [-0.4, -0.2) is 34.1 Å². The number of carbonyl (C=O) groups is 1. The Morgan fingerprint density at radius 1 is 1.38 bits per heavy atom. The molecule has 7 heteroatoms. The minimum Gasteiger partial charge on any atom is -0.477 e. The van der Waals surface area contributed by atoms with Crippen molar-refractivity contribution in [3.05, 3.63) is 50.7 Å². The van der Waals surface area contributed by atoms with E-state index in [1.807, 2.05) is 13.8 Å². The van der Waals surface area contributed by atoms with Crippen molar-refractivity contribution in [2.45, 2.75) is 56.4 Å². The first kappa shape index (κ1) is 18.8. The lowest BCUT2D eigenvalue weighted by molar-refractivity contribution is 0.0694. The number of hydrogen-bond donors (Lipinski definition) is 3. The minimum absolute atomic E-state index is 0.111. The number of carboxylic acid groups (broad SMARTS) is 1. The number of aromatic nitrogens is 1. The van der Waals surface area contributed by atoms with Gasteiger partial charge < -0.3 is 16.2 Å². The Morgan fingerprint density at radius 2 is 2.10 bits per heavy atom. The maximum absolute atomic E-state index is 15.6. The first-order valence-corrected chi connectivity index (χ1v) is 10.3. The molecule has 3 unspecified atom stereocenters. The van der Waals surface area contributed by atoms with E-state index in [0.717, 1.165) is 43.4 Å². The molecule has 5 rings (SSSR count). The Balaban J connectivity index is 1.84. The summed E-state index contributed by atoms with van der Waals surface area (Å²) < 4.78 is 16.8. The third-order valence-electron chi connectivity index (χ3n) is 7.58. The number of halogens is 1. The van der Waals surface area contributed by atoms with Crippen molar-refractivity contribution in [3.63, 3.8) is 0 Å². The summed E-state index contributed by atoms with van der Waals surface area (Å²) in [6, 6.07) is 1.51. The summed E-state index contributed by atoms with van der Waals surface area (Å²) in [6.45, 7) is 5.32. The molecule has 2 saturated carbocycles. The third-order valence-corrected chi connectivity index (χ3v) is 7.58. The maximum Gasteiger partial charge on any atom is 0.341 e. The molecule has 3 heterocycles. The van der Waals surface area contributed by atoms with Gasteiger partial charge in [-0.25, -0.2) is 9.18 Å². The van der Waals surface area contributed by atoms with Gasteiger partial charge in [-0.2, -0.15) is 0 Å². The molecule has 1 aliphatic heterocycles. The van der Waals surface area contributed by atoms with Crippen molar-refractivity contribution in [1.29, 1.82) is 0 Å². The van der Waals surface area contributed by atoms with Crippen molar-refractivity contribution in [2.24, 2.45) is 11.7 Å². The summed E-state index contributed by atoms with van der Waals surface area (Å²) >= 11 is 0. The van der Waals surface area contributed by atoms with Gasteiger partial charge in [-0.1, -0.05) is 0 Å². The highest BCUT2D eigenvalue weighted by molar-refractivity contribution is 5.88. The normalized spacial score (nSPS) is 31.4. The summed E-state index contributed by atoms with van der Waals surface area (Å²) in [6.07, 6.45) is 4.73. The molecular weight excluding hydrogens is 373 g/mol. The second-order valence-electron chi connectivity index (χ2n) is 9.44. The van der Waals surface area contributed by atoms with E-state index >= 15 is 4.39 Å². The van der Waals surface area contributed by atoms with Crippen LogP contribution in [0.25, 0.3) is 5.52 Å². The number of nitrogens with zero attached hydrogens (tertiary/aromatic N) is 1. The zero-order valence-corrected chi connectivity index (χ0v) is 16.7. The number of fused-ring (bicyclic) bond motifs is 2. The van der Waals surface area contributed by atoms with Gasteiger partial charge in [0.05, 0.1) is 5.52 Å². The molecule has 4 N–H and O–H groups in total. The predicted molar refractivity (Wildman–Crippen MR) is 107 cm³/mol. The van der Waals surface area contributed by atoms with Crippen LogP contribution in [0.4, 0.5) is 4.39 Å². The molecule has 2 aromatic rings. The average Bonchev–Trinajstić information content (AvgIpc) is 3.34. The van der Waals surface area contributed by atoms with Gasteiger partial charge in [-0.15, -0.1) is 0 Å². The molecule has 2 aromatic heterocycles. The summed E-state index contributed by atoms with van der Waals surface area (Å²) in [4.78, 5) is 24.4. The van der Waals surface area contributed by atoms with Crippen LogP contribution in [0.2, 0.25) is 0 Å². The average molecular weight is 399 g/mol. The molecular formula is C22H26FN3O3. The number of aromatic carboxylic acids is 1. The fourth-order valence-electron chi connectivity index (χ4n) is 6.06. The topological polar surface area (TPSA) is 96.8 Å². The molecule has 0 aromatic carbocycles. The van der Waals surface area contributed by atoms with Crippen molar-refractivity contribution in [1.82, 2.24) is 9.72 Å². The molecule has 1 saturated heterocycles. The number of rotatable bonds is 3. The Bertz CT molecular complexity index is 1120. The summed E-state index contributed by atoms with van der Waals surface area (Å²) in [5.74, 6) is -1.39. The summed E-state index contributed by atoms with van der Waals surface area (Å²) in [7, 11) is 0. The Hall–Kier alpha value is -2.25. The molecule has 0 bridgehead atoms. The third kappa shape index (κ3) is 2.47. The van der Waals surface area contributed by atoms with Crippen molar-refractivity contribution < 1.29 is 14.3 Å². The SMILES string of the molecule is Cc1c(C23CCC(C)(N)C2CNC3)c(F)cn2c(=O)c(C(=O)O)cc(C3CC3)c12. The lowest BCUT2D eigenvalue weighted by Crippen LogP contribution is -2.46. The highest BCUT2D eigenvalue weighted by atomic mass is 19.1. The number of pyridine rings is 2. The Kier molecular flexibility index (Phi) is 3.81. The lowest BCUT2D eigenvalue weighted by atomic mass is 9.70. The van der Waals surface area contributed by atoms with Crippen molar-refractivity contribution >= 4 is 11.5 Å².